The zero-order valence-corrected chi connectivity index (χ0v) is 12.3. The van der Waals surface area contributed by atoms with Crippen molar-refractivity contribution in [2.45, 2.75) is 10.9 Å². The second-order valence-corrected chi connectivity index (χ2v) is 5.46. The van der Waals surface area contributed by atoms with Crippen LogP contribution in [0.3, 0.4) is 0 Å². The van der Waals surface area contributed by atoms with Gasteiger partial charge in [0.05, 0.1) is 10.6 Å². The zero-order valence-electron chi connectivity index (χ0n) is 11.5. The fraction of sp³-hybridized carbons (Fsp3) is 0.0667. The summed E-state index contributed by atoms with van der Waals surface area (Å²) in [7, 11) is 0. The minimum absolute atomic E-state index is 0.0974. The quantitative estimate of drug-likeness (QED) is 0.410. The van der Waals surface area contributed by atoms with E-state index in [1.54, 1.807) is 23.1 Å². The molecule has 1 aromatic heterocycles. The lowest BCUT2D eigenvalue weighted by molar-refractivity contribution is -0.384. The second kappa shape index (κ2) is 6.40. The number of hydrogen-bond acceptors (Lipinski definition) is 5. The lowest BCUT2D eigenvalue weighted by atomic mass is 10.2. The molecule has 0 unspecified atom stereocenters. The third-order valence-electron chi connectivity index (χ3n) is 3.01. The molecule has 0 spiro atoms. The normalized spacial score (nSPS) is 10.5. The highest BCUT2D eigenvalue weighted by Gasteiger charge is 2.06. The van der Waals surface area contributed by atoms with E-state index in [-0.39, 0.29) is 5.69 Å². The van der Waals surface area contributed by atoms with E-state index in [0.29, 0.717) is 10.9 Å². The standard InChI is InChI=1S/C15H12N4O2S/c20-19(21)14-8-6-12(7-9-14)10-22-15-16-11-18(17-15)13-4-2-1-3-5-13/h1-9,11H,10H2. The number of thioether (sulfide) groups is 1. The monoisotopic (exact) mass is 312 g/mol. The van der Waals surface area contributed by atoms with E-state index in [4.69, 9.17) is 0 Å². The number of non-ortho nitro benzene ring substituents is 1. The fourth-order valence-corrected chi connectivity index (χ4v) is 2.64. The van der Waals surface area contributed by atoms with Crippen LogP contribution in [-0.4, -0.2) is 19.7 Å². The van der Waals surface area contributed by atoms with E-state index in [9.17, 15) is 10.1 Å². The number of aromatic nitrogens is 3. The van der Waals surface area contributed by atoms with Crippen molar-refractivity contribution in [3.8, 4) is 5.69 Å². The van der Waals surface area contributed by atoms with Crippen molar-refractivity contribution in [1.82, 2.24) is 14.8 Å². The van der Waals surface area contributed by atoms with Gasteiger partial charge >= 0.3 is 0 Å². The molecule has 3 aromatic rings. The molecular formula is C15H12N4O2S. The molecule has 3 rings (SSSR count). The number of benzene rings is 2. The van der Waals surface area contributed by atoms with Gasteiger partial charge in [-0.1, -0.05) is 42.1 Å². The molecule has 0 aliphatic rings. The average molecular weight is 312 g/mol. The summed E-state index contributed by atoms with van der Waals surface area (Å²) >= 11 is 1.49. The van der Waals surface area contributed by atoms with E-state index in [0.717, 1.165) is 11.3 Å². The van der Waals surface area contributed by atoms with Crippen LogP contribution in [0.1, 0.15) is 5.56 Å². The van der Waals surface area contributed by atoms with E-state index in [1.165, 1.54) is 23.9 Å². The molecule has 0 saturated carbocycles. The molecule has 22 heavy (non-hydrogen) atoms. The molecule has 110 valence electrons. The third kappa shape index (κ3) is 3.32. The molecule has 0 amide bonds. The van der Waals surface area contributed by atoms with Crippen LogP contribution in [0.15, 0.2) is 66.1 Å². The second-order valence-electron chi connectivity index (χ2n) is 4.52. The molecule has 0 atom stereocenters. The summed E-state index contributed by atoms with van der Waals surface area (Å²) in [5.74, 6) is 0.663. The Hall–Kier alpha value is -2.67. The van der Waals surface area contributed by atoms with E-state index in [2.05, 4.69) is 10.1 Å². The number of nitro groups is 1. The maximum Gasteiger partial charge on any atom is 0.269 e. The Morgan fingerprint density at radius 3 is 2.50 bits per heavy atom. The molecule has 6 nitrogen and oxygen atoms in total. The summed E-state index contributed by atoms with van der Waals surface area (Å²) in [5, 5.41) is 15.7. The highest BCUT2D eigenvalue weighted by molar-refractivity contribution is 7.98. The van der Waals surface area contributed by atoms with Crippen LogP contribution in [0, 0.1) is 10.1 Å². The fourth-order valence-electron chi connectivity index (χ4n) is 1.88. The maximum absolute atomic E-state index is 10.6. The van der Waals surface area contributed by atoms with Crippen LogP contribution in [-0.2, 0) is 5.75 Å². The van der Waals surface area contributed by atoms with Crippen LogP contribution in [0.2, 0.25) is 0 Å². The Labute approximate surface area is 131 Å². The van der Waals surface area contributed by atoms with Gasteiger partial charge in [0.25, 0.3) is 5.69 Å². The van der Waals surface area contributed by atoms with Gasteiger partial charge in [-0.2, -0.15) is 0 Å². The van der Waals surface area contributed by atoms with Crippen LogP contribution >= 0.6 is 11.8 Å². The molecule has 0 N–H and O–H groups in total. The summed E-state index contributed by atoms with van der Waals surface area (Å²) in [4.78, 5) is 14.5. The van der Waals surface area contributed by atoms with Crippen molar-refractivity contribution in [2.24, 2.45) is 0 Å². The predicted molar refractivity (Wildman–Crippen MR) is 84.0 cm³/mol. The van der Waals surface area contributed by atoms with Crippen molar-refractivity contribution in [3.63, 3.8) is 0 Å². The van der Waals surface area contributed by atoms with Gasteiger partial charge in [-0.15, -0.1) is 5.10 Å². The summed E-state index contributed by atoms with van der Waals surface area (Å²) < 4.78 is 1.72. The van der Waals surface area contributed by atoms with Crippen LogP contribution < -0.4 is 0 Å². The minimum atomic E-state index is -0.403. The Morgan fingerprint density at radius 1 is 1.09 bits per heavy atom. The van der Waals surface area contributed by atoms with E-state index in [1.807, 2.05) is 30.3 Å². The Bertz CT molecular complexity index is 772. The Kier molecular flexibility index (Phi) is 4.15. The van der Waals surface area contributed by atoms with Gasteiger partial charge in [-0.05, 0) is 17.7 Å². The van der Waals surface area contributed by atoms with Crippen molar-refractivity contribution < 1.29 is 4.92 Å². The first kappa shape index (κ1) is 14.3. The van der Waals surface area contributed by atoms with Gasteiger partial charge in [-0.25, -0.2) is 9.67 Å². The molecule has 2 aromatic carbocycles. The maximum atomic E-state index is 10.6. The number of rotatable bonds is 5. The Balaban J connectivity index is 1.65. The zero-order chi connectivity index (χ0) is 15.4. The highest BCUT2D eigenvalue weighted by Crippen LogP contribution is 2.21. The van der Waals surface area contributed by atoms with Crippen molar-refractivity contribution in [2.75, 3.05) is 0 Å². The van der Waals surface area contributed by atoms with Crippen molar-refractivity contribution >= 4 is 17.4 Å². The number of para-hydroxylation sites is 1. The van der Waals surface area contributed by atoms with Gasteiger partial charge in [0.1, 0.15) is 6.33 Å². The van der Waals surface area contributed by atoms with E-state index >= 15 is 0 Å². The van der Waals surface area contributed by atoms with Crippen LogP contribution in [0.5, 0.6) is 0 Å². The first-order valence-corrected chi connectivity index (χ1v) is 7.54. The molecule has 0 radical (unpaired) electrons. The Morgan fingerprint density at radius 2 is 1.82 bits per heavy atom. The first-order valence-electron chi connectivity index (χ1n) is 6.55. The molecule has 1 heterocycles. The van der Waals surface area contributed by atoms with Gasteiger partial charge in [0.15, 0.2) is 0 Å². The smallest absolute Gasteiger partial charge is 0.258 e. The largest absolute Gasteiger partial charge is 0.269 e. The molecule has 0 fully saturated rings. The lowest BCUT2D eigenvalue weighted by Gasteiger charge is -1.99. The minimum Gasteiger partial charge on any atom is -0.258 e. The molecule has 0 saturated heterocycles. The summed E-state index contributed by atoms with van der Waals surface area (Å²) in [6.07, 6.45) is 1.67. The van der Waals surface area contributed by atoms with E-state index < -0.39 is 4.92 Å². The summed E-state index contributed by atoms with van der Waals surface area (Å²) in [6, 6.07) is 16.3. The molecular weight excluding hydrogens is 300 g/mol. The van der Waals surface area contributed by atoms with Crippen LogP contribution in [0.25, 0.3) is 5.69 Å². The number of nitro benzene ring substituents is 1. The first-order chi connectivity index (χ1) is 10.7. The molecule has 0 aliphatic heterocycles. The topological polar surface area (TPSA) is 73.8 Å². The highest BCUT2D eigenvalue weighted by atomic mass is 32.2. The predicted octanol–water partition coefficient (Wildman–Crippen LogP) is 3.47. The molecule has 7 heteroatoms. The van der Waals surface area contributed by atoms with Crippen molar-refractivity contribution in [3.05, 3.63) is 76.6 Å². The summed E-state index contributed by atoms with van der Waals surface area (Å²) in [5.41, 5.74) is 2.05. The van der Waals surface area contributed by atoms with Gasteiger partial charge < -0.3 is 0 Å². The molecule has 0 bridgehead atoms. The van der Waals surface area contributed by atoms with Crippen LogP contribution in [0.4, 0.5) is 5.69 Å². The third-order valence-corrected chi connectivity index (χ3v) is 3.93. The van der Waals surface area contributed by atoms with Crippen molar-refractivity contribution in [1.29, 1.82) is 0 Å². The lowest BCUT2D eigenvalue weighted by Crippen LogP contribution is -1.93. The van der Waals surface area contributed by atoms with Gasteiger partial charge in [0.2, 0.25) is 5.16 Å². The van der Waals surface area contributed by atoms with Gasteiger partial charge in [-0.3, -0.25) is 10.1 Å². The molecule has 0 aliphatic carbocycles. The average Bonchev–Trinajstić information content (AvgIpc) is 3.03. The SMILES string of the molecule is O=[N+]([O-])c1ccc(CSc2ncn(-c3ccccc3)n2)cc1. The van der Waals surface area contributed by atoms with Gasteiger partial charge in [0, 0.05) is 17.9 Å². The number of hydrogen-bond donors (Lipinski definition) is 0. The number of nitrogens with zero attached hydrogens (tertiary/aromatic N) is 4. The summed E-state index contributed by atoms with van der Waals surface area (Å²) in [6.45, 7) is 0.